The van der Waals surface area contributed by atoms with E-state index in [2.05, 4.69) is 15.9 Å². The highest BCUT2D eigenvalue weighted by atomic mass is 79.9. The minimum atomic E-state index is -3.21. The molecule has 1 aromatic carbocycles. The summed E-state index contributed by atoms with van der Waals surface area (Å²) in [6.45, 7) is 5.00. The summed E-state index contributed by atoms with van der Waals surface area (Å²) in [5.74, 6) is 0.326. The van der Waals surface area contributed by atoms with Gasteiger partial charge in [-0.15, -0.1) is 0 Å². The van der Waals surface area contributed by atoms with Crippen LogP contribution in [0.1, 0.15) is 26.3 Å². The molecular weight excluding hydrogens is 330 g/mol. The van der Waals surface area contributed by atoms with E-state index in [4.69, 9.17) is 10.00 Å². The number of nitriles is 1. The molecule has 0 heterocycles. The second kappa shape index (κ2) is 5.93. The number of benzene rings is 1. The van der Waals surface area contributed by atoms with Gasteiger partial charge in [0.25, 0.3) is 0 Å². The van der Waals surface area contributed by atoms with Crippen LogP contribution in [0.4, 0.5) is 0 Å². The number of hydrogen-bond acceptors (Lipinski definition) is 4. The highest BCUT2D eigenvalue weighted by Gasteiger charge is 2.28. The van der Waals surface area contributed by atoms with Gasteiger partial charge in [0.1, 0.15) is 18.4 Å². The Morgan fingerprint density at radius 2 is 2.00 bits per heavy atom. The van der Waals surface area contributed by atoms with Crippen molar-refractivity contribution in [2.75, 3.05) is 12.4 Å². The van der Waals surface area contributed by atoms with Crippen molar-refractivity contribution in [1.82, 2.24) is 0 Å². The van der Waals surface area contributed by atoms with E-state index < -0.39 is 14.6 Å². The van der Waals surface area contributed by atoms with Gasteiger partial charge < -0.3 is 4.74 Å². The molecule has 0 saturated heterocycles. The van der Waals surface area contributed by atoms with Gasteiger partial charge in [0, 0.05) is 4.47 Å². The smallest absolute Gasteiger partial charge is 0.158 e. The summed E-state index contributed by atoms with van der Waals surface area (Å²) in [6, 6.07) is 7.03. The van der Waals surface area contributed by atoms with Crippen molar-refractivity contribution in [2.45, 2.75) is 25.5 Å². The van der Waals surface area contributed by atoms with Crippen molar-refractivity contribution >= 4 is 25.8 Å². The van der Waals surface area contributed by atoms with Gasteiger partial charge in [-0.3, -0.25) is 0 Å². The monoisotopic (exact) mass is 345 g/mol. The molecule has 0 unspecified atom stereocenters. The van der Waals surface area contributed by atoms with Crippen LogP contribution in [-0.2, 0) is 9.84 Å². The molecule has 0 radical (unpaired) electrons. The lowest BCUT2D eigenvalue weighted by Crippen LogP contribution is -2.32. The second-order valence-corrected chi connectivity index (χ2v) is 8.81. The van der Waals surface area contributed by atoms with Crippen LogP contribution in [0.2, 0.25) is 0 Å². The molecule has 104 valence electrons. The predicted octanol–water partition coefficient (Wildman–Crippen LogP) is 2.91. The Hall–Kier alpha value is -1.06. The molecule has 19 heavy (non-hydrogen) atoms. The lowest BCUT2D eigenvalue weighted by atomic mass is 10.2. The minimum absolute atomic E-state index is 0.0376. The number of halogens is 1. The Morgan fingerprint density at radius 1 is 1.37 bits per heavy atom. The quantitative estimate of drug-likeness (QED) is 0.841. The Morgan fingerprint density at radius 3 is 2.53 bits per heavy atom. The first-order valence-corrected chi connectivity index (χ1v) is 8.16. The summed E-state index contributed by atoms with van der Waals surface area (Å²) >= 11 is 3.26. The van der Waals surface area contributed by atoms with E-state index in [1.807, 2.05) is 6.07 Å². The summed E-state index contributed by atoms with van der Waals surface area (Å²) in [6.07, 6.45) is 0. The fraction of sp³-hybridized carbons (Fsp3) is 0.462. The largest absolute Gasteiger partial charge is 0.491 e. The van der Waals surface area contributed by atoms with Crippen LogP contribution in [0.15, 0.2) is 22.7 Å². The molecule has 0 atom stereocenters. The van der Waals surface area contributed by atoms with Crippen molar-refractivity contribution in [2.24, 2.45) is 0 Å². The second-order valence-electron chi connectivity index (χ2n) is 5.03. The Bertz CT molecular complexity index is 597. The third-order valence-electron chi connectivity index (χ3n) is 2.60. The lowest BCUT2D eigenvalue weighted by Gasteiger charge is -2.19. The van der Waals surface area contributed by atoms with Crippen molar-refractivity contribution < 1.29 is 13.2 Å². The lowest BCUT2D eigenvalue weighted by molar-refractivity contribution is 0.338. The minimum Gasteiger partial charge on any atom is -0.491 e. The molecule has 0 aromatic heterocycles. The predicted molar refractivity (Wildman–Crippen MR) is 77.9 cm³/mol. The molecule has 0 fully saturated rings. The van der Waals surface area contributed by atoms with E-state index in [0.717, 1.165) is 4.47 Å². The van der Waals surface area contributed by atoms with E-state index in [0.29, 0.717) is 11.3 Å². The molecule has 0 saturated carbocycles. The number of rotatable bonds is 4. The van der Waals surface area contributed by atoms with E-state index in [1.165, 1.54) is 0 Å². The van der Waals surface area contributed by atoms with Gasteiger partial charge in [0.2, 0.25) is 0 Å². The van der Waals surface area contributed by atoms with Crippen molar-refractivity contribution in [3.05, 3.63) is 28.2 Å². The Labute approximate surface area is 122 Å². The first-order valence-electron chi connectivity index (χ1n) is 5.72. The van der Waals surface area contributed by atoms with Crippen LogP contribution in [0.25, 0.3) is 0 Å². The molecule has 0 aliphatic carbocycles. The number of ether oxygens (including phenoxy) is 1. The van der Waals surface area contributed by atoms with Gasteiger partial charge in [-0.1, -0.05) is 15.9 Å². The summed E-state index contributed by atoms with van der Waals surface area (Å²) in [5.41, 5.74) is 0.377. The van der Waals surface area contributed by atoms with Crippen LogP contribution in [0.3, 0.4) is 0 Å². The van der Waals surface area contributed by atoms with E-state index in [1.54, 1.807) is 39.0 Å². The zero-order valence-corrected chi connectivity index (χ0v) is 13.5. The topological polar surface area (TPSA) is 67.2 Å². The summed E-state index contributed by atoms with van der Waals surface area (Å²) in [7, 11) is -3.21. The average molecular weight is 346 g/mol. The third kappa shape index (κ3) is 4.22. The molecule has 1 aromatic rings. The van der Waals surface area contributed by atoms with Gasteiger partial charge in [0.15, 0.2) is 9.84 Å². The van der Waals surface area contributed by atoms with Crippen LogP contribution in [0.5, 0.6) is 5.75 Å². The Balaban J connectivity index is 2.73. The zero-order chi connectivity index (χ0) is 14.7. The number of hydrogen-bond donors (Lipinski definition) is 0. The maximum atomic E-state index is 11.9. The summed E-state index contributed by atoms with van der Waals surface area (Å²) < 4.78 is 29.2. The number of nitrogens with zero attached hydrogens (tertiary/aromatic N) is 1. The third-order valence-corrected chi connectivity index (χ3v) is 5.67. The fourth-order valence-corrected chi connectivity index (χ4v) is 2.56. The molecule has 0 N–H and O–H groups in total. The van der Waals surface area contributed by atoms with Crippen LogP contribution < -0.4 is 4.74 Å². The molecule has 0 spiro atoms. The normalized spacial score (nSPS) is 11.9. The highest BCUT2D eigenvalue weighted by Crippen LogP contribution is 2.23. The van der Waals surface area contributed by atoms with Gasteiger partial charge in [0.05, 0.1) is 16.1 Å². The molecule has 6 heteroatoms. The molecule has 0 amide bonds. The first kappa shape index (κ1) is 16.0. The SMILES string of the molecule is CC(C)(C)S(=O)(=O)CCOc1ccc(Br)cc1C#N. The van der Waals surface area contributed by atoms with Gasteiger partial charge in [-0.2, -0.15) is 5.26 Å². The molecule has 0 aliphatic rings. The van der Waals surface area contributed by atoms with Crippen LogP contribution >= 0.6 is 15.9 Å². The summed E-state index contributed by atoms with van der Waals surface area (Å²) in [5, 5.41) is 8.96. The first-order chi connectivity index (χ1) is 8.67. The molecule has 4 nitrogen and oxygen atoms in total. The molecule has 0 aliphatic heterocycles. The molecule has 1 rings (SSSR count). The van der Waals surface area contributed by atoms with Gasteiger partial charge in [-0.25, -0.2) is 8.42 Å². The van der Waals surface area contributed by atoms with Crippen molar-refractivity contribution in [1.29, 1.82) is 5.26 Å². The maximum absolute atomic E-state index is 11.9. The fourth-order valence-electron chi connectivity index (χ4n) is 1.28. The standard InChI is InChI=1S/C13H16BrNO3S/c1-13(2,3)19(16,17)7-6-18-12-5-4-11(14)8-10(12)9-15/h4-5,8H,6-7H2,1-3H3. The van der Waals surface area contributed by atoms with Gasteiger partial charge >= 0.3 is 0 Å². The van der Waals surface area contributed by atoms with Crippen LogP contribution in [0, 0.1) is 11.3 Å². The van der Waals surface area contributed by atoms with E-state index in [-0.39, 0.29) is 12.4 Å². The van der Waals surface area contributed by atoms with Crippen molar-refractivity contribution in [3.63, 3.8) is 0 Å². The van der Waals surface area contributed by atoms with Gasteiger partial charge in [-0.05, 0) is 39.0 Å². The maximum Gasteiger partial charge on any atom is 0.158 e. The molecule has 0 bridgehead atoms. The van der Waals surface area contributed by atoms with E-state index >= 15 is 0 Å². The zero-order valence-electron chi connectivity index (χ0n) is 11.1. The van der Waals surface area contributed by atoms with Crippen molar-refractivity contribution in [3.8, 4) is 11.8 Å². The number of sulfone groups is 1. The Kier molecular flexibility index (Phi) is 4.99. The van der Waals surface area contributed by atoms with Crippen LogP contribution in [-0.4, -0.2) is 25.5 Å². The highest BCUT2D eigenvalue weighted by molar-refractivity contribution is 9.10. The molecular formula is C13H16BrNO3S. The summed E-state index contributed by atoms with van der Waals surface area (Å²) in [4.78, 5) is 0. The average Bonchev–Trinajstić information content (AvgIpc) is 2.29. The van der Waals surface area contributed by atoms with E-state index in [9.17, 15) is 8.42 Å².